The molecule has 0 aliphatic carbocycles. The van der Waals surface area contributed by atoms with Gasteiger partial charge in [0.2, 0.25) is 0 Å². The quantitative estimate of drug-likeness (QED) is 0.712. The van der Waals surface area contributed by atoms with Crippen LogP contribution >= 0.6 is 0 Å². The summed E-state index contributed by atoms with van der Waals surface area (Å²) in [6.45, 7) is 0. The number of methoxy groups -OCH3 is 4. The second kappa shape index (κ2) is 6.39. The second-order valence-electron chi connectivity index (χ2n) is 5.38. The molecule has 130 valence electrons. The fraction of sp³-hybridized carbons (Fsp3) is 0.211. The minimum Gasteiger partial charge on any atom is -0.493 e. The summed E-state index contributed by atoms with van der Waals surface area (Å²) < 4.78 is 21.3. The minimum absolute atomic E-state index is 0.0635. The van der Waals surface area contributed by atoms with Crippen LogP contribution in [0.3, 0.4) is 0 Å². The molecule has 0 aliphatic rings. The van der Waals surface area contributed by atoms with Crippen LogP contribution in [0.25, 0.3) is 21.5 Å². The molecule has 0 aliphatic heterocycles. The first-order valence-electron chi connectivity index (χ1n) is 7.52. The number of carbonyl (C=O) groups is 1. The van der Waals surface area contributed by atoms with Crippen LogP contribution in [-0.2, 0) is 0 Å². The van der Waals surface area contributed by atoms with Crippen LogP contribution in [0, 0.1) is 0 Å². The topological polar surface area (TPSA) is 74.2 Å². The van der Waals surface area contributed by atoms with E-state index in [1.165, 1.54) is 14.2 Å². The second-order valence-corrected chi connectivity index (χ2v) is 5.38. The zero-order chi connectivity index (χ0) is 18.1. The number of hydrogen-bond acceptors (Lipinski definition) is 5. The molecular weight excluding hydrogens is 324 g/mol. The summed E-state index contributed by atoms with van der Waals surface area (Å²) in [5.74, 6) is 0.639. The van der Waals surface area contributed by atoms with Crippen molar-refractivity contribution >= 4 is 27.5 Å². The van der Waals surface area contributed by atoms with Gasteiger partial charge in [-0.15, -0.1) is 0 Å². The maximum absolute atomic E-state index is 11.8. The van der Waals surface area contributed by atoms with Gasteiger partial charge in [-0.2, -0.15) is 0 Å². The van der Waals surface area contributed by atoms with Crippen molar-refractivity contribution in [3.63, 3.8) is 0 Å². The molecule has 0 bridgehead atoms. The molecule has 6 nitrogen and oxygen atoms in total. The molecule has 0 saturated carbocycles. The Balaban J connectivity index is 2.50. The Morgan fingerprint density at radius 2 is 1.36 bits per heavy atom. The third kappa shape index (κ3) is 2.55. The van der Waals surface area contributed by atoms with Gasteiger partial charge in [0.05, 0.1) is 28.4 Å². The smallest absolute Gasteiger partial charge is 0.340 e. The predicted molar refractivity (Wildman–Crippen MR) is 94.6 cm³/mol. The number of fused-ring (bicyclic) bond motifs is 3. The van der Waals surface area contributed by atoms with Gasteiger partial charge in [0.15, 0.2) is 23.0 Å². The van der Waals surface area contributed by atoms with Gasteiger partial charge in [0.1, 0.15) is 5.56 Å². The molecule has 25 heavy (non-hydrogen) atoms. The fourth-order valence-corrected chi connectivity index (χ4v) is 3.06. The number of rotatable bonds is 5. The van der Waals surface area contributed by atoms with E-state index in [0.29, 0.717) is 22.6 Å². The monoisotopic (exact) mass is 342 g/mol. The van der Waals surface area contributed by atoms with Crippen molar-refractivity contribution in [1.29, 1.82) is 0 Å². The first-order valence-corrected chi connectivity index (χ1v) is 7.52. The van der Waals surface area contributed by atoms with Gasteiger partial charge in [0.25, 0.3) is 0 Å². The maximum atomic E-state index is 11.8. The van der Waals surface area contributed by atoms with E-state index >= 15 is 0 Å². The Labute approximate surface area is 144 Å². The highest BCUT2D eigenvalue weighted by atomic mass is 16.5. The van der Waals surface area contributed by atoms with Crippen LogP contribution in [0.5, 0.6) is 23.0 Å². The largest absolute Gasteiger partial charge is 0.493 e. The van der Waals surface area contributed by atoms with E-state index in [2.05, 4.69) is 0 Å². The van der Waals surface area contributed by atoms with E-state index < -0.39 is 5.97 Å². The number of carboxylic acids is 1. The molecule has 0 fully saturated rings. The summed E-state index contributed by atoms with van der Waals surface area (Å²) in [5.41, 5.74) is 0.0635. The van der Waals surface area contributed by atoms with E-state index in [1.54, 1.807) is 26.4 Å². The molecular formula is C19H18O6. The van der Waals surface area contributed by atoms with Crippen LogP contribution in [0.1, 0.15) is 10.4 Å². The van der Waals surface area contributed by atoms with Crippen molar-refractivity contribution < 1.29 is 28.8 Å². The van der Waals surface area contributed by atoms with Crippen LogP contribution in [0.2, 0.25) is 0 Å². The molecule has 0 spiro atoms. The SMILES string of the molecule is COc1cc2ccc3c(C(=O)O)c(OC)c(OC)cc3c2cc1OC. The first kappa shape index (κ1) is 16.7. The molecule has 0 radical (unpaired) electrons. The standard InChI is InChI=1S/C19H18O6/c1-22-14-7-10-5-6-11-13(12(10)8-15(14)23-2)9-16(24-3)18(25-4)17(11)19(20)21/h5-9H,1-4H3,(H,20,21). The molecule has 3 aromatic carbocycles. The third-order valence-electron chi connectivity index (χ3n) is 4.20. The number of ether oxygens (including phenoxy) is 4. The Hall–Kier alpha value is -3.15. The molecule has 0 saturated heterocycles. The van der Waals surface area contributed by atoms with Gasteiger partial charge < -0.3 is 24.1 Å². The van der Waals surface area contributed by atoms with Gasteiger partial charge in [0, 0.05) is 5.39 Å². The summed E-state index contributed by atoms with van der Waals surface area (Å²) in [6.07, 6.45) is 0. The summed E-state index contributed by atoms with van der Waals surface area (Å²) in [7, 11) is 6.03. The Kier molecular flexibility index (Phi) is 4.27. The summed E-state index contributed by atoms with van der Waals surface area (Å²) in [5, 5.41) is 12.7. The highest BCUT2D eigenvalue weighted by molar-refractivity contribution is 6.16. The number of carboxylic acid groups (broad SMARTS) is 1. The predicted octanol–water partition coefficient (Wildman–Crippen LogP) is 3.73. The van der Waals surface area contributed by atoms with E-state index in [4.69, 9.17) is 18.9 Å². The van der Waals surface area contributed by atoms with E-state index in [0.717, 1.165) is 16.2 Å². The minimum atomic E-state index is -1.08. The first-order chi connectivity index (χ1) is 12.0. The Morgan fingerprint density at radius 3 is 1.92 bits per heavy atom. The van der Waals surface area contributed by atoms with Gasteiger partial charge in [-0.05, 0) is 34.4 Å². The molecule has 0 aromatic heterocycles. The molecule has 6 heteroatoms. The van der Waals surface area contributed by atoms with Crippen molar-refractivity contribution in [3.05, 3.63) is 35.9 Å². The van der Waals surface area contributed by atoms with Crippen molar-refractivity contribution in [3.8, 4) is 23.0 Å². The third-order valence-corrected chi connectivity index (χ3v) is 4.20. The van der Waals surface area contributed by atoms with Gasteiger partial charge >= 0.3 is 5.97 Å². The maximum Gasteiger partial charge on any atom is 0.340 e. The number of hydrogen-bond donors (Lipinski definition) is 1. The lowest BCUT2D eigenvalue weighted by atomic mass is 9.96. The molecule has 0 amide bonds. The lowest BCUT2D eigenvalue weighted by Gasteiger charge is -2.16. The molecule has 1 N–H and O–H groups in total. The molecule has 3 aromatic rings. The Morgan fingerprint density at radius 1 is 0.760 bits per heavy atom. The number of aromatic carboxylic acids is 1. The van der Waals surface area contributed by atoms with E-state index in [1.807, 2.05) is 18.2 Å². The zero-order valence-electron chi connectivity index (χ0n) is 14.4. The lowest BCUT2D eigenvalue weighted by molar-refractivity contribution is 0.0695. The lowest BCUT2D eigenvalue weighted by Crippen LogP contribution is -2.04. The van der Waals surface area contributed by atoms with E-state index in [9.17, 15) is 9.90 Å². The molecule has 0 unspecified atom stereocenters. The van der Waals surface area contributed by atoms with Crippen LogP contribution in [0.4, 0.5) is 0 Å². The average Bonchev–Trinajstić information content (AvgIpc) is 2.64. The number of benzene rings is 3. The van der Waals surface area contributed by atoms with Gasteiger partial charge in [-0.25, -0.2) is 4.79 Å². The fourth-order valence-electron chi connectivity index (χ4n) is 3.06. The highest BCUT2D eigenvalue weighted by Crippen LogP contribution is 2.42. The summed E-state index contributed by atoms with van der Waals surface area (Å²) >= 11 is 0. The summed E-state index contributed by atoms with van der Waals surface area (Å²) in [4.78, 5) is 11.8. The molecule has 3 rings (SSSR count). The molecule has 0 atom stereocenters. The van der Waals surface area contributed by atoms with Gasteiger partial charge in [-0.1, -0.05) is 12.1 Å². The van der Waals surface area contributed by atoms with Crippen LogP contribution < -0.4 is 18.9 Å². The molecule has 0 heterocycles. The van der Waals surface area contributed by atoms with Crippen LogP contribution in [0.15, 0.2) is 30.3 Å². The van der Waals surface area contributed by atoms with E-state index in [-0.39, 0.29) is 11.3 Å². The Bertz CT molecular complexity index is 977. The van der Waals surface area contributed by atoms with Crippen molar-refractivity contribution in [1.82, 2.24) is 0 Å². The van der Waals surface area contributed by atoms with Crippen molar-refractivity contribution in [2.75, 3.05) is 28.4 Å². The normalized spacial score (nSPS) is 10.7. The van der Waals surface area contributed by atoms with Gasteiger partial charge in [-0.3, -0.25) is 0 Å². The summed E-state index contributed by atoms with van der Waals surface area (Å²) in [6, 6.07) is 9.06. The van der Waals surface area contributed by atoms with Crippen molar-refractivity contribution in [2.45, 2.75) is 0 Å². The van der Waals surface area contributed by atoms with Crippen molar-refractivity contribution in [2.24, 2.45) is 0 Å². The van der Waals surface area contributed by atoms with Crippen LogP contribution in [-0.4, -0.2) is 39.5 Å². The zero-order valence-corrected chi connectivity index (χ0v) is 14.4. The highest BCUT2D eigenvalue weighted by Gasteiger charge is 2.22. The average molecular weight is 342 g/mol.